The number of nitrogens with two attached hydrogens (primary N) is 1. The molecular weight excluding hydrogens is 360 g/mol. The van der Waals surface area contributed by atoms with Gasteiger partial charge in [0.05, 0.1) is 23.5 Å². The van der Waals surface area contributed by atoms with Gasteiger partial charge in [0.1, 0.15) is 11.3 Å². The number of hydrogen-bond donors (Lipinski definition) is 1. The lowest BCUT2D eigenvalue weighted by molar-refractivity contribution is 0.0523. The maximum Gasteiger partial charge on any atom is 0.343 e. The molecule has 110 valence electrons. The molecule has 2 aromatic rings. The topological polar surface area (TPSA) is 74.4 Å². The number of pyridine rings is 1. The molecule has 0 aliphatic heterocycles. The van der Waals surface area contributed by atoms with Crippen LogP contribution in [-0.4, -0.2) is 17.6 Å². The van der Waals surface area contributed by atoms with Crippen molar-refractivity contribution in [3.05, 3.63) is 45.5 Å². The van der Waals surface area contributed by atoms with E-state index in [4.69, 9.17) is 26.8 Å². The molecule has 2 rings (SSSR count). The molecule has 0 spiro atoms. The second kappa shape index (κ2) is 6.78. The number of carbonyl (C=O) groups excluding carboxylic acids is 1. The Labute approximate surface area is 135 Å². The van der Waals surface area contributed by atoms with Crippen molar-refractivity contribution < 1.29 is 14.3 Å². The van der Waals surface area contributed by atoms with Gasteiger partial charge in [0, 0.05) is 4.47 Å². The average molecular weight is 372 g/mol. The minimum Gasteiger partial charge on any atom is -0.462 e. The average Bonchev–Trinajstić information content (AvgIpc) is 2.45. The second-order valence-electron chi connectivity index (χ2n) is 4.02. The first-order chi connectivity index (χ1) is 10.0. The Morgan fingerprint density at radius 3 is 2.90 bits per heavy atom. The summed E-state index contributed by atoms with van der Waals surface area (Å²) in [6, 6.07) is 6.57. The van der Waals surface area contributed by atoms with E-state index in [-0.39, 0.29) is 18.1 Å². The SMILES string of the molecule is CCOC(=O)c1cc(N)cnc1Oc1cc(Br)ccc1Cl. The lowest BCUT2D eigenvalue weighted by Gasteiger charge is -2.11. The maximum atomic E-state index is 11.9. The zero-order valence-corrected chi connectivity index (χ0v) is 13.4. The Morgan fingerprint density at radius 1 is 1.43 bits per heavy atom. The smallest absolute Gasteiger partial charge is 0.343 e. The van der Waals surface area contributed by atoms with E-state index in [1.807, 2.05) is 0 Å². The summed E-state index contributed by atoms with van der Waals surface area (Å²) >= 11 is 9.38. The van der Waals surface area contributed by atoms with Gasteiger partial charge in [-0.25, -0.2) is 9.78 Å². The monoisotopic (exact) mass is 370 g/mol. The van der Waals surface area contributed by atoms with Crippen molar-refractivity contribution in [2.75, 3.05) is 12.3 Å². The summed E-state index contributed by atoms with van der Waals surface area (Å²) in [5, 5.41) is 0.395. The highest BCUT2D eigenvalue weighted by molar-refractivity contribution is 9.10. The molecule has 0 saturated heterocycles. The number of benzene rings is 1. The molecule has 0 saturated carbocycles. The summed E-state index contributed by atoms with van der Waals surface area (Å²) in [5.41, 5.74) is 6.13. The van der Waals surface area contributed by atoms with Crippen LogP contribution in [0.1, 0.15) is 17.3 Å². The van der Waals surface area contributed by atoms with Crippen LogP contribution in [-0.2, 0) is 4.74 Å². The van der Waals surface area contributed by atoms with Crippen molar-refractivity contribution in [1.29, 1.82) is 0 Å². The van der Waals surface area contributed by atoms with Crippen molar-refractivity contribution in [1.82, 2.24) is 4.98 Å². The van der Waals surface area contributed by atoms with Gasteiger partial charge in [-0.15, -0.1) is 0 Å². The second-order valence-corrected chi connectivity index (χ2v) is 5.34. The summed E-state index contributed by atoms with van der Waals surface area (Å²) < 4.78 is 11.4. The molecule has 1 aromatic heterocycles. The van der Waals surface area contributed by atoms with E-state index in [0.717, 1.165) is 4.47 Å². The van der Waals surface area contributed by atoms with Crippen LogP contribution in [0.5, 0.6) is 11.6 Å². The van der Waals surface area contributed by atoms with Crippen LogP contribution in [0.3, 0.4) is 0 Å². The first-order valence-electron chi connectivity index (χ1n) is 6.06. The summed E-state index contributed by atoms with van der Waals surface area (Å²) in [4.78, 5) is 15.9. The highest BCUT2D eigenvalue weighted by atomic mass is 79.9. The Morgan fingerprint density at radius 2 is 2.19 bits per heavy atom. The van der Waals surface area contributed by atoms with E-state index in [1.165, 1.54) is 12.3 Å². The van der Waals surface area contributed by atoms with Crippen molar-refractivity contribution in [3.63, 3.8) is 0 Å². The summed E-state index contributed by atoms with van der Waals surface area (Å²) in [7, 11) is 0. The van der Waals surface area contributed by atoms with Gasteiger partial charge < -0.3 is 15.2 Å². The molecule has 1 heterocycles. The van der Waals surface area contributed by atoms with E-state index in [9.17, 15) is 4.79 Å². The van der Waals surface area contributed by atoms with Crippen molar-refractivity contribution in [2.45, 2.75) is 6.92 Å². The lowest BCUT2D eigenvalue weighted by Crippen LogP contribution is -2.08. The number of rotatable bonds is 4. The van der Waals surface area contributed by atoms with E-state index in [0.29, 0.717) is 16.5 Å². The molecule has 0 fully saturated rings. The minimum atomic E-state index is -0.557. The zero-order valence-electron chi connectivity index (χ0n) is 11.1. The Balaban J connectivity index is 2.39. The Kier molecular flexibility index (Phi) is 5.03. The molecule has 0 bridgehead atoms. The molecule has 5 nitrogen and oxygen atoms in total. The highest BCUT2D eigenvalue weighted by Crippen LogP contribution is 2.33. The van der Waals surface area contributed by atoms with Crippen molar-refractivity contribution in [3.8, 4) is 11.6 Å². The third-order valence-corrected chi connectivity index (χ3v) is 3.27. The van der Waals surface area contributed by atoms with E-state index in [1.54, 1.807) is 25.1 Å². The third-order valence-electron chi connectivity index (χ3n) is 2.47. The number of anilines is 1. The lowest BCUT2D eigenvalue weighted by atomic mass is 10.2. The Hall–Kier alpha value is -1.79. The van der Waals surface area contributed by atoms with Crippen LogP contribution in [0.4, 0.5) is 5.69 Å². The molecule has 0 unspecified atom stereocenters. The normalized spacial score (nSPS) is 10.2. The summed E-state index contributed by atoms with van der Waals surface area (Å²) in [6.07, 6.45) is 1.39. The van der Waals surface area contributed by atoms with Gasteiger partial charge in [0.2, 0.25) is 5.88 Å². The van der Waals surface area contributed by atoms with Gasteiger partial charge in [-0.3, -0.25) is 0 Å². The maximum absolute atomic E-state index is 11.9. The van der Waals surface area contributed by atoms with E-state index in [2.05, 4.69) is 20.9 Å². The molecule has 0 amide bonds. The molecule has 21 heavy (non-hydrogen) atoms. The van der Waals surface area contributed by atoms with E-state index < -0.39 is 5.97 Å². The number of hydrogen-bond acceptors (Lipinski definition) is 5. The van der Waals surface area contributed by atoms with Crippen LogP contribution in [0, 0.1) is 0 Å². The number of carbonyl (C=O) groups is 1. The fourth-order valence-electron chi connectivity index (χ4n) is 1.56. The fourth-order valence-corrected chi connectivity index (χ4v) is 2.06. The molecule has 0 aliphatic carbocycles. The van der Waals surface area contributed by atoms with Gasteiger partial charge >= 0.3 is 5.97 Å². The molecule has 7 heteroatoms. The molecular formula is C14H12BrClN2O3. The number of aromatic nitrogens is 1. The van der Waals surface area contributed by atoms with Crippen LogP contribution in [0.15, 0.2) is 34.9 Å². The highest BCUT2D eigenvalue weighted by Gasteiger charge is 2.17. The summed E-state index contributed by atoms with van der Waals surface area (Å²) in [5.74, 6) is -0.102. The molecule has 2 N–H and O–H groups in total. The largest absolute Gasteiger partial charge is 0.462 e. The van der Waals surface area contributed by atoms with Crippen LogP contribution >= 0.6 is 27.5 Å². The predicted octanol–water partition coefficient (Wildman–Crippen LogP) is 4.05. The number of nitrogen functional groups attached to an aromatic ring is 1. The number of halogens is 2. The van der Waals surface area contributed by atoms with Gasteiger partial charge in [-0.1, -0.05) is 27.5 Å². The van der Waals surface area contributed by atoms with E-state index >= 15 is 0 Å². The quantitative estimate of drug-likeness (QED) is 0.821. The number of ether oxygens (including phenoxy) is 2. The molecule has 0 radical (unpaired) electrons. The number of esters is 1. The standard InChI is InChI=1S/C14H12BrClN2O3/c1-2-20-14(19)10-6-9(17)7-18-13(10)21-12-5-8(15)3-4-11(12)16/h3-7H,2,17H2,1H3. The van der Waals surface area contributed by atoms with Gasteiger partial charge in [0.25, 0.3) is 0 Å². The molecule has 0 aliphatic rings. The number of nitrogens with zero attached hydrogens (tertiary/aromatic N) is 1. The van der Waals surface area contributed by atoms with Gasteiger partial charge in [0.15, 0.2) is 0 Å². The van der Waals surface area contributed by atoms with Crippen molar-refractivity contribution in [2.24, 2.45) is 0 Å². The first kappa shape index (κ1) is 15.6. The van der Waals surface area contributed by atoms with Crippen LogP contribution in [0.2, 0.25) is 5.02 Å². The first-order valence-corrected chi connectivity index (χ1v) is 7.24. The van der Waals surface area contributed by atoms with Gasteiger partial charge in [-0.05, 0) is 31.2 Å². The molecule has 0 atom stereocenters. The van der Waals surface area contributed by atoms with Crippen LogP contribution in [0.25, 0.3) is 0 Å². The van der Waals surface area contributed by atoms with Crippen LogP contribution < -0.4 is 10.5 Å². The Bertz CT molecular complexity index is 679. The molecule has 1 aromatic carbocycles. The minimum absolute atomic E-state index is 0.0858. The predicted molar refractivity (Wildman–Crippen MR) is 83.8 cm³/mol. The summed E-state index contributed by atoms with van der Waals surface area (Å²) in [6.45, 7) is 1.95. The van der Waals surface area contributed by atoms with Gasteiger partial charge in [-0.2, -0.15) is 0 Å². The third kappa shape index (κ3) is 3.86. The zero-order chi connectivity index (χ0) is 15.4. The van der Waals surface area contributed by atoms with Crippen molar-refractivity contribution >= 4 is 39.2 Å². The fraction of sp³-hybridized carbons (Fsp3) is 0.143.